The van der Waals surface area contributed by atoms with Gasteiger partial charge in [-0.3, -0.25) is 0 Å². The van der Waals surface area contributed by atoms with Crippen LogP contribution in [0.25, 0.3) is 0 Å². The molecule has 0 aromatic heterocycles. The van der Waals surface area contributed by atoms with E-state index < -0.39 is 0 Å². The summed E-state index contributed by atoms with van der Waals surface area (Å²) < 4.78 is 11.7. The number of hydrogen-bond acceptors (Lipinski definition) is 4. The first-order chi connectivity index (χ1) is 9.83. The molecule has 1 unspecified atom stereocenters. The Morgan fingerprint density at radius 2 is 1.62 bits per heavy atom. The summed E-state index contributed by atoms with van der Waals surface area (Å²) in [5, 5.41) is 3.47. The number of ether oxygens (including phenoxy) is 2. The number of rotatable bonds is 8. The molecule has 1 atom stereocenters. The van der Waals surface area contributed by atoms with Gasteiger partial charge in [-0.15, -0.1) is 0 Å². The Kier molecular flexibility index (Phi) is 6.99. The minimum absolute atomic E-state index is 0.0758. The molecule has 1 aromatic rings. The van der Waals surface area contributed by atoms with Gasteiger partial charge in [-0.25, -0.2) is 0 Å². The average Bonchev–Trinajstić information content (AvgIpc) is 2.35. The Bertz CT molecular complexity index is 431. The first kappa shape index (κ1) is 17.8. The summed E-state index contributed by atoms with van der Waals surface area (Å²) in [7, 11) is 0. The van der Waals surface area contributed by atoms with E-state index in [9.17, 15) is 0 Å². The van der Waals surface area contributed by atoms with E-state index in [0.717, 1.165) is 17.1 Å². The molecule has 0 saturated carbocycles. The summed E-state index contributed by atoms with van der Waals surface area (Å²) in [6, 6.07) is 6.42. The van der Waals surface area contributed by atoms with Crippen LogP contribution >= 0.6 is 0 Å². The molecule has 0 heterocycles. The van der Waals surface area contributed by atoms with E-state index in [-0.39, 0.29) is 18.2 Å². The Balaban J connectivity index is 3.10. The van der Waals surface area contributed by atoms with Crippen molar-refractivity contribution in [3.8, 4) is 11.5 Å². The lowest BCUT2D eigenvalue weighted by Gasteiger charge is -2.24. The minimum Gasteiger partial charge on any atom is -0.491 e. The maximum Gasteiger partial charge on any atom is 0.128 e. The molecule has 1 rings (SSSR count). The zero-order valence-corrected chi connectivity index (χ0v) is 14.1. The van der Waals surface area contributed by atoms with Crippen molar-refractivity contribution < 1.29 is 9.47 Å². The monoisotopic (exact) mass is 294 g/mol. The van der Waals surface area contributed by atoms with Crippen LogP contribution in [0.4, 0.5) is 0 Å². The fourth-order valence-corrected chi connectivity index (χ4v) is 2.19. The highest BCUT2D eigenvalue weighted by molar-refractivity contribution is 5.43. The van der Waals surface area contributed by atoms with Crippen LogP contribution < -0.4 is 20.5 Å². The lowest BCUT2D eigenvalue weighted by atomic mass is 10.0. The molecule has 0 bridgehead atoms. The molecule has 0 aliphatic rings. The largest absolute Gasteiger partial charge is 0.491 e. The van der Waals surface area contributed by atoms with Crippen molar-refractivity contribution in [3.63, 3.8) is 0 Å². The topological polar surface area (TPSA) is 56.5 Å². The van der Waals surface area contributed by atoms with Gasteiger partial charge in [0.1, 0.15) is 11.5 Å². The van der Waals surface area contributed by atoms with Crippen LogP contribution in [0, 0.1) is 0 Å². The molecule has 0 fully saturated rings. The van der Waals surface area contributed by atoms with Gasteiger partial charge < -0.3 is 20.5 Å². The zero-order chi connectivity index (χ0) is 16.0. The Labute approximate surface area is 129 Å². The summed E-state index contributed by atoms with van der Waals surface area (Å²) in [6.45, 7) is 12.8. The minimum atomic E-state index is 0.0758. The van der Waals surface area contributed by atoms with Crippen LogP contribution in [0.2, 0.25) is 0 Å². The first-order valence-electron chi connectivity index (χ1n) is 7.76. The van der Waals surface area contributed by atoms with E-state index >= 15 is 0 Å². The predicted octanol–water partition coefficient (Wildman–Crippen LogP) is 3.26. The third kappa shape index (κ3) is 5.94. The maximum absolute atomic E-state index is 5.96. The van der Waals surface area contributed by atoms with Crippen molar-refractivity contribution in [2.24, 2.45) is 5.73 Å². The van der Waals surface area contributed by atoms with Crippen molar-refractivity contribution in [3.05, 3.63) is 23.8 Å². The summed E-state index contributed by atoms with van der Waals surface area (Å²) >= 11 is 0. The van der Waals surface area contributed by atoms with Crippen molar-refractivity contribution in [2.75, 3.05) is 6.54 Å². The van der Waals surface area contributed by atoms with Gasteiger partial charge in [0.2, 0.25) is 0 Å². The molecule has 0 radical (unpaired) electrons. The number of nitrogens with two attached hydrogens (primary N) is 1. The van der Waals surface area contributed by atoms with Gasteiger partial charge in [0.05, 0.1) is 12.2 Å². The van der Waals surface area contributed by atoms with Crippen molar-refractivity contribution in [1.82, 2.24) is 5.32 Å². The van der Waals surface area contributed by atoms with E-state index in [1.165, 1.54) is 0 Å². The molecular weight excluding hydrogens is 264 g/mol. The highest BCUT2D eigenvalue weighted by Gasteiger charge is 2.17. The molecule has 0 spiro atoms. The van der Waals surface area contributed by atoms with Crippen LogP contribution in [0.5, 0.6) is 11.5 Å². The average molecular weight is 294 g/mol. The summed E-state index contributed by atoms with van der Waals surface area (Å²) in [6.07, 6.45) is 0.248. The third-order valence-electron chi connectivity index (χ3n) is 2.87. The van der Waals surface area contributed by atoms with Crippen molar-refractivity contribution >= 4 is 0 Å². The fraction of sp³-hybridized carbons (Fsp3) is 0.647. The molecule has 120 valence electrons. The molecule has 0 aliphatic carbocycles. The SMILES string of the molecule is CC(C)NC(CN)c1ccc(OC(C)C)cc1OC(C)C. The summed E-state index contributed by atoms with van der Waals surface area (Å²) in [5.74, 6) is 1.66. The van der Waals surface area contributed by atoms with Crippen LogP contribution in [0.1, 0.15) is 53.1 Å². The van der Waals surface area contributed by atoms with Crippen molar-refractivity contribution in [2.45, 2.75) is 65.8 Å². The van der Waals surface area contributed by atoms with E-state index in [1.54, 1.807) is 0 Å². The summed E-state index contributed by atoms with van der Waals surface area (Å²) in [4.78, 5) is 0. The number of benzene rings is 1. The molecule has 0 amide bonds. The Hall–Kier alpha value is -1.26. The zero-order valence-electron chi connectivity index (χ0n) is 14.1. The third-order valence-corrected chi connectivity index (χ3v) is 2.87. The number of nitrogens with one attached hydrogen (secondary N) is 1. The molecule has 1 aromatic carbocycles. The van der Waals surface area contributed by atoms with E-state index in [4.69, 9.17) is 15.2 Å². The quantitative estimate of drug-likeness (QED) is 0.772. The van der Waals surface area contributed by atoms with Crippen LogP contribution in [0.3, 0.4) is 0 Å². The van der Waals surface area contributed by atoms with E-state index in [1.807, 2.05) is 45.9 Å². The summed E-state index contributed by atoms with van der Waals surface area (Å²) in [5.41, 5.74) is 7.00. The van der Waals surface area contributed by atoms with Gasteiger partial charge in [0.15, 0.2) is 0 Å². The molecule has 3 N–H and O–H groups in total. The smallest absolute Gasteiger partial charge is 0.128 e. The van der Waals surface area contributed by atoms with Crippen molar-refractivity contribution in [1.29, 1.82) is 0 Å². The molecule has 0 aliphatic heterocycles. The molecule has 0 saturated heterocycles. The highest BCUT2D eigenvalue weighted by atomic mass is 16.5. The normalized spacial score (nSPS) is 13.0. The van der Waals surface area contributed by atoms with Crippen LogP contribution in [-0.4, -0.2) is 24.8 Å². The molecule has 4 nitrogen and oxygen atoms in total. The first-order valence-corrected chi connectivity index (χ1v) is 7.76. The molecule has 4 heteroatoms. The maximum atomic E-state index is 5.96. The van der Waals surface area contributed by atoms with Gasteiger partial charge in [0.25, 0.3) is 0 Å². The standard InChI is InChI=1S/C17H30N2O2/c1-11(2)19-16(10-18)15-8-7-14(20-12(3)4)9-17(15)21-13(5)6/h7-9,11-13,16,19H,10,18H2,1-6H3. The van der Waals surface area contributed by atoms with E-state index in [2.05, 4.69) is 19.2 Å². The Morgan fingerprint density at radius 3 is 2.10 bits per heavy atom. The van der Waals surface area contributed by atoms with Gasteiger partial charge in [0, 0.05) is 30.3 Å². The van der Waals surface area contributed by atoms with Crippen LogP contribution in [0.15, 0.2) is 18.2 Å². The fourth-order valence-electron chi connectivity index (χ4n) is 2.19. The van der Waals surface area contributed by atoms with Gasteiger partial charge in [-0.05, 0) is 33.8 Å². The lowest BCUT2D eigenvalue weighted by Crippen LogP contribution is -2.33. The predicted molar refractivity (Wildman–Crippen MR) is 88.0 cm³/mol. The Morgan fingerprint density at radius 1 is 1.00 bits per heavy atom. The highest BCUT2D eigenvalue weighted by Crippen LogP contribution is 2.31. The molecule has 21 heavy (non-hydrogen) atoms. The molecular formula is C17H30N2O2. The lowest BCUT2D eigenvalue weighted by molar-refractivity contribution is 0.226. The van der Waals surface area contributed by atoms with Gasteiger partial charge in [-0.2, -0.15) is 0 Å². The van der Waals surface area contributed by atoms with Crippen LogP contribution in [-0.2, 0) is 0 Å². The second-order valence-corrected chi connectivity index (χ2v) is 6.14. The number of hydrogen-bond donors (Lipinski definition) is 2. The van der Waals surface area contributed by atoms with E-state index in [0.29, 0.717) is 12.6 Å². The van der Waals surface area contributed by atoms with Gasteiger partial charge >= 0.3 is 0 Å². The van der Waals surface area contributed by atoms with Gasteiger partial charge in [-0.1, -0.05) is 19.9 Å². The second kappa shape index (κ2) is 8.25. The second-order valence-electron chi connectivity index (χ2n) is 6.14.